The molecule has 2 fully saturated rings. The fourth-order valence-electron chi connectivity index (χ4n) is 3.45. The summed E-state index contributed by atoms with van der Waals surface area (Å²) in [5, 5.41) is 13.6. The van der Waals surface area contributed by atoms with E-state index in [1.54, 1.807) is 45.0 Å². The largest absolute Gasteiger partial charge is 0.462 e. The van der Waals surface area contributed by atoms with Crippen molar-refractivity contribution in [2.45, 2.75) is 70.5 Å². The number of carbonyl (C=O) groups is 2. The number of aliphatic hydroxyl groups is 1. The molecule has 154 valence electrons. The van der Waals surface area contributed by atoms with Gasteiger partial charge in [0.25, 0.3) is 0 Å². The molecule has 2 saturated heterocycles. The highest BCUT2D eigenvalue weighted by Crippen LogP contribution is 2.34. The Morgan fingerprint density at radius 2 is 2.04 bits per heavy atom. The minimum atomic E-state index is -1.08. The Bertz CT molecular complexity index is 735. The molecule has 0 aromatic heterocycles. The zero-order valence-corrected chi connectivity index (χ0v) is 16.5. The number of hydrogen-bond acceptors (Lipinski definition) is 7. The molecule has 2 heterocycles. The van der Waals surface area contributed by atoms with E-state index in [4.69, 9.17) is 18.9 Å². The molecule has 1 aromatic carbocycles. The second kappa shape index (κ2) is 8.16. The summed E-state index contributed by atoms with van der Waals surface area (Å²) in [4.78, 5) is 23.9. The molecule has 0 aliphatic carbocycles. The number of rotatable bonds is 5. The first-order valence-electron chi connectivity index (χ1n) is 9.43. The number of ketones is 1. The maximum Gasteiger partial charge on any atom is 0.223 e. The summed E-state index contributed by atoms with van der Waals surface area (Å²) >= 11 is 0. The molecule has 1 aromatic rings. The summed E-state index contributed by atoms with van der Waals surface area (Å²) in [6.45, 7) is 6.82. The normalized spacial score (nSPS) is 31.5. The Morgan fingerprint density at radius 3 is 2.71 bits per heavy atom. The Hall–Kier alpha value is -2.00. The molecule has 8 heteroatoms. The van der Waals surface area contributed by atoms with E-state index >= 15 is 0 Å². The summed E-state index contributed by atoms with van der Waals surface area (Å²) in [6, 6.07) is 5.95. The molecule has 3 rings (SSSR count). The van der Waals surface area contributed by atoms with Crippen molar-refractivity contribution in [3.8, 4) is 5.75 Å². The quantitative estimate of drug-likeness (QED) is 0.729. The fourth-order valence-corrected chi connectivity index (χ4v) is 3.45. The molecule has 2 aliphatic rings. The van der Waals surface area contributed by atoms with Crippen LogP contribution in [0.5, 0.6) is 5.75 Å². The first-order chi connectivity index (χ1) is 13.2. The van der Waals surface area contributed by atoms with Gasteiger partial charge in [0.05, 0.1) is 12.2 Å². The lowest BCUT2D eigenvalue weighted by Crippen LogP contribution is -2.69. The van der Waals surface area contributed by atoms with Crippen LogP contribution in [0.1, 0.15) is 44.5 Å². The van der Waals surface area contributed by atoms with Gasteiger partial charge in [0, 0.05) is 13.3 Å². The molecule has 2 N–H and O–H groups in total. The van der Waals surface area contributed by atoms with Gasteiger partial charge in [0.1, 0.15) is 30.1 Å². The third-order valence-corrected chi connectivity index (χ3v) is 4.81. The molecule has 5 atom stereocenters. The lowest BCUT2D eigenvalue weighted by Gasteiger charge is -2.49. The van der Waals surface area contributed by atoms with Gasteiger partial charge in [-0.2, -0.15) is 0 Å². The number of hydrogen-bond donors (Lipinski definition) is 2. The number of aliphatic hydroxyl groups excluding tert-OH is 1. The van der Waals surface area contributed by atoms with Crippen LogP contribution in [0.2, 0.25) is 0 Å². The molecule has 0 saturated carbocycles. The van der Waals surface area contributed by atoms with E-state index in [9.17, 15) is 14.7 Å². The zero-order chi connectivity index (χ0) is 20.5. The minimum Gasteiger partial charge on any atom is -0.462 e. The van der Waals surface area contributed by atoms with Gasteiger partial charge in [-0.3, -0.25) is 9.59 Å². The standard InChI is InChI=1S/C20H27NO7/c1-5-13(23)12-8-6-7-9-14(12)26-19-16(21-11(2)22)17(24)18-15(27-19)10-25-20(3,4)28-18/h6-9,15-19,24H,5,10H2,1-4H3,(H,21,22). The van der Waals surface area contributed by atoms with Gasteiger partial charge >= 0.3 is 0 Å². The molecule has 8 nitrogen and oxygen atoms in total. The van der Waals surface area contributed by atoms with Crippen LogP contribution in [0.4, 0.5) is 0 Å². The number of amides is 1. The Balaban J connectivity index is 1.87. The van der Waals surface area contributed by atoms with Crippen molar-refractivity contribution in [1.82, 2.24) is 5.32 Å². The van der Waals surface area contributed by atoms with Gasteiger partial charge in [-0.1, -0.05) is 19.1 Å². The van der Waals surface area contributed by atoms with E-state index in [1.807, 2.05) is 0 Å². The third-order valence-electron chi connectivity index (χ3n) is 4.81. The monoisotopic (exact) mass is 393 g/mol. The first kappa shape index (κ1) is 20.7. The highest BCUT2D eigenvalue weighted by Gasteiger charge is 2.52. The van der Waals surface area contributed by atoms with E-state index < -0.39 is 36.4 Å². The second-order valence-corrected chi connectivity index (χ2v) is 7.44. The lowest BCUT2D eigenvalue weighted by atomic mass is 9.95. The zero-order valence-electron chi connectivity index (χ0n) is 16.5. The van der Waals surface area contributed by atoms with Crippen molar-refractivity contribution < 1.29 is 33.6 Å². The van der Waals surface area contributed by atoms with Gasteiger partial charge in [-0.15, -0.1) is 0 Å². The van der Waals surface area contributed by atoms with Crippen LogP contribution in [-0.2, 0) is 19.0 Å². The minimum absolute atomic E-state index is 0.0769. The number of ether oxygens (including phenoxy) is 4. The number of fused-ring (bicyclic) bond motifs is 1. The van der Waals surface area contributed by atoms with E-state index in [-0.39, 0.29) is 18.3 Å². The van der Waals surface area contributed by atoms with Crippen molar-refractivity contribution >= 4 is 11.7 Å². The maximum absolute atomic E-state index is 12.2. The summed E-state index contributed by atoms with van der Waals surface area (Å²) < 4.78 is 23.4. The van der Waals surface area contributed by atoms with Gasteiger partial charge < -0.3 is 29.4 Å². The topological polar surface area (TPSA) is 103 Å². The summed E-state index contributed by atoms with van der Waals surface area (Å²) in [5.74, 6) is -0.964. The Morgan fingerprint density at radius 1 is 1.32 bits per heavy atom. The summed E-state index contributed by atoms with van der Waals surface area (Å²) in [5.41, 5.74) is 0.420. The number of nitrogens with one attached hydrogen (secondary N) is 1. The SMILES string of the molecule is CCC(=O)c1ccccc1OC1OC2COC(C)(C)OC2C(O)C1NC(C)=O. The van der Waals surface area contributed by atoms with E-state index in [0.29, 0.717) is 17.7 Å². The molecule has 0 radical (unpaired) electrons. The lowest BCUT2D eigenvalue weighted by molar-refractivity contribution is -0.361. The maximum atomic E-state index is 12.2. The third kappa shape index (κ3) is 4.35. The van der Waals surface area contributed by atoms with Crippen molar-refractivity contribution in [3.63, 3.8) is 0 Å². The molecule has 1 amide bonds. The molecule has 28 heavy (non-hydrogen) atoms. The van der Waals surface area contributed by atoms with E-state index in [1.165, 1.54) is 6.92 Å². The predicted octanol–water partition coefficient (Wildman–Crippen LogP) is 1.40. The van der Waals surface area contributed by atoms with Crippen molar-refractivity contribution in [3.05, 3.63) is 29.8 Å². The van der Waals surface area contributed by atoms with Crippen LogP contribution in [-0.4, -0.2) is 59.8 Å². The smallest absolute Gasteiger partial charge is 0.223 e. The van der Waals surface area contributed by atoms with Crippen molar-refractivity contribution in [2.24, 2.45) is 0 Å². The first-order valence-corrected chi connectivity index (χ1v) is 9.43. The van der Waals surface area contributed by atoms with Gasteiger partial charge in [-0.05, 0) is 26.0 Å². The highest BCUT2D eigenvalue weighted by molar-refractivity contribution is 5.98. The van der Waals surface area contributed by atoms with Crippen LogP contribution in [0.15, 0.2) is 24.3 Å². The predicted molar refractivity (Wildman–Crippen MR) is 98.9 cm³/mol. The molecular formula is C20H27NO7. The number of Topliss-reactive ketones (excluding diaryl/α,β-unsaturated/α-hetero) is 1. The fraction of sp³-hybridized carbons (Fsp3) is 0.600. The van der Waals surface area contributed by atoms with Crippen molar-refractivity contribution in [1.29, 1.82) is 0 Å². The average molecular weight is 393 g/mol. The molecule has 2 aliphatic heterocycles. The molecule has 0 spiro atoms. The highest BCUT2D eigenvalue weighted by atomic mass is 16.8. The van der Waals surface area contributed by atoms with E-state index in [0.717, 1.165) is 0 Å². The van der Waals surface area contributed by atoms with Crippen molar-refractivity contribution in [2.75, 3.05) is 6.61 Å². The van der Waals surface area contributed by atoms with Gasteiger partial charge in [0.15, 0.2) is 11.6 Å². The molecule has 5 unspecified atom stereocenters. The number of carbonyl (C=O) groups excluding carboxylic acids is 2. The van der Waals surface area contributed by atoms with Crippen LogP contribution in [0, 0.1) is 0 Å². The van der Waals surface area contributed by atoms with Gasteiger partial charge in [-0.25, -0.2) is 0 Å². The summed E-state index contributed by atoms with van der Waals surface area (Å²) in [7, 11) is 0. The Labute approximate surface area is 164 Å². The van der Waals surface area contributed by atoms with Crippen LogP contribution in [0.25, 0.3) is 0 Å². The molecular weight excluding hydrogens is 366 g/mol. The van der Waals surface area contributed by atoms with Crippen LogP contribution < -0.4 is 10.1 Å². The second-order valence-electron chi connectivity index (χ2n) is 7.44. The Kier molecular flexibility index (Phi) is 6.04. The van der Waals surface area contributed by atoms with Crippen LogP contribution in [0.3, 0.4) is 0 Å². The average Bonchev–Trinajstić information content (AvgIpc) is 2.65. The molecule has 0 bridgehead atoms. The number of benzene rings is 1. The van der Waals surface area contributed by atoms with Gasteiger partial charge in [0.2, 0.25) is 12.2 Å². The number of para-hydroxylation sites is 1. The summed E-state index contributed by atoms with van der Waals surface area (Å²) in [6.07, 6.45) is -3.03. The van der Waals surface area contributed by atoms with Crippen LogP contribution >= 0.6 is 0 Å². The van der Waals surface area contributed by atoms with E-state index in [2.05, 4.69) is 5.32 Å².